The first-order chi connectivity index (χ1) is 12.7. The number of ether oxygens (including phenoxy) is 3. The van der Waals surface area contributed by atoms with E-state index in [9.17, 15) is 4.79 Å². The van der Waals surface area contributed by atoms with Gasteiger partial charge in [0.25, 0.3) is 0 Å². The Labute approximate surface area is 155 Å². The monoisotopic (exact) mass is 362 g/mol. The molecule has 2 atom stereocenters. The number of nitrogens with one attached hydrogen (secondary N) is 1. The largest absolute Gasteiger partial charge is 0.496 e. The van der Waals surface area contributed by atoms with Gasteiger partial charge in [0.2, 0.25) is 5.91 Å². The molecule has 0 radical (unpaired) electrons. The topological polar surface area (TPSA) is 60.0 Å². The molecule has 1 N–H and O–H groups in total. The van der Waals surface area contributed by atoms with Crippen LogP contribution in [-0.2, 0) is 20.7 Å². The third kappa shape index (κ3) is 4.03. The lowest BCUT2D eigenvalue weighted by atomic mass is 9.80. The fraction of sp³-hybridized carbons (Fsp3) is 0.650. The van der Waals surface area contributed by atoms with Gasteiger partial charge in [-0.15, -0.1) is 0 Å². The molecule has 0 unspecified atom stereocenters. The highest BCUT2D eigenvalue weighted by atomic mass is 16.5. The predicted molar refractivity (Wildman–Crippen MR) is 99.4 cm³/mol. The standard InChI is InChI=1S/C20H30N2O4/c1-3-25-11-10-22-12-17-13-26-15-20(17,14-22)19(23)21-9-8-16-6-4-5-7-18(16)24-2/h4-7,17H,3,8-15H2,1-2H3,(H,21,23)/t17-,20-/m1/s1. The Balaban J connectivity index is 1.54. The van der Waals surface area contributed by atoms with E-state index in [-0.39, 0.29) is 11.8 Å². The summed E-state index contributed by atoms with van der Waals surface area (Å²) in [5.74, 6) is 1.26. The Kier molecular flexibility index (Phi) is 6.51. The minimum Gasteiger partial charge on any atom is -0.496 e. The molecule has 1 aromatic rings. The van der Waals surface area contributed by atoms with Gasteiger partial charge in [-0.25, -0.2) is 0 Å². The lowest BCUT2D eigenvalue weighted by Crippen LogP contribution is -2.47. The number of methoxy groups -OCH3 is 1. The molecule has 6 heteroatoms. The van der Waals surface area contributed by atoms with E-state index in [0.717, 1.165) is 50.6 Å². The summed E-state index contributed by atoms with van der Waals surface area (Å²) in [4.78, 5) is 15.3. The van der Waals surface area contributed by atoms with Crippen LogP contribution in [0.4, 0.5) is 0 Å². The summed E-state index contributed by atoms with van der Waals surface area (Å²) < 4.78 is 16.5. The van der Waals surface area contributed by atoms with Gasteiger partial charge in [-0.1, -0.05) is 18.2 Å². The number of benzene rings is 1. The lowest BCUT2D eigenvalue weighted by molar-refractivity contribution is -0.131. The maximum atomic E-state index is 13.0. The SMILES string of the molecule is CCOCCN1C[C@@H]2COC[C@]2(C(=O)NCCc2ccccc2OC)C1. The Hall–Kier alpha value is -1.63. The number of fused-ring (bicyclic) bond motifs is 1. The van der Waals surface area contributed by atoms with Crippen molar-refractivity contribution >= 4 is 5.91 Å². The molecule has 2 aliphatic heterocycles. The molecule has 1 aromatic carbocycles. The first kappa shape index (κ1) is 19.1. The van der Waals surface area contributed by atoms with E-state index < -0.39 is 5.41 Å². The van der Waals surface area contributed by atoms with Crippen LogP contribution >= 0.6 is 0 Å². The fourth-order valence-electron chi connectivity index (χ4n) is 4.07. The maximum absolute atomic E-state index is 13.0. The molecular formula is C20H30N2O4. The van der Waals surface area contributed by atoms with Crippen molar-refractivity contribution in [2.45, 2.75) is 13.3 Å². The van der Waals surface area contributed by atoms with E-state index in [1.165, 1.54) is 0 Å². The molecule has 144 valence electrons. The number of para-hydroxylation sites is 1. The van der Waals surface area contributed by atoms with E-state index in [4.69, 9.17) is 14.2 Å². The molecule has 0 saturated carbocycles. The number of hydrogen-bond donors (Lipinski definition) is 1. The van der Waals surface area contributed by atoms with Gasteiger partial charge in [0.05, 0.1) is 32.3 Å². The van der Waals surface area contributed by atoms with Crippen LogP contribution in [0.25, 0.3) is 0 Å². The lowest BCUT2D eigenvalue weighted by Gasteiger charge is -2.26. The van der Waals surface area contributed by atoms with Crippen LogP contribution in [0.15, 0.2) is 24.3 Å². The third-order valence-corrected chi connectivity index (χ3v) is 5.53. The quantitative estimate of drug-likeness (QED) is 0.672. The Morgan fingerprint density at radius 1 is 1.42 bits per heavy atom. The number of carbonyl (C=O) groups is 1. The van der Waals surface area contributed by atoms with Gasteiger partial charge in [0, 0.05) is 38.7 Å². The Bertz CT molecular complexity index is 609. The van der Waals surface area contributed by atoms with Crippen LogP contribution in [-0.4, -0.2) is 70.5 Å². The van der Waals surface area contributed by atoms with Crippen LogP contribution in [0.2, 0.25) is 0 Å². The number of carbonyl (C=O) groups excluding carboxylic acids is 1. The van der Waals surface area contributed by atoms with Crippen LogP contribution in [0.3, 0.4) is 0 Å². The highest BCUT2D eigenvalue weighted by Gasteiger charge is 2.55. The third-order valence-electron chi connectivity index (χ3n) is 5.53. The van der Waals surface area contributed by atoms with Crippen molar-refractivity contribution in [3.05, 3.63) is 29.8 Å². The van der Waals surface area contributed by atoms with Crippen LogP contribution in [0.1, 0.15) is 12.5 Å². The van der Waals surface area contributed by atoms with Gasteiger partial charge in [-0.2, -0.15) is 0 Å². The summed E-state index contributed by atoms with van der Waals surface area (Å²) in [6.45, 7) is 7.79. The van der Waals surface area contributed by atoms with E-state index >= 15 is 0 Å². The van der Waals surface area contributed by atoms with Crippen molar-refractivity contribution in [1.82, 2.24) is 10.2 Å². The van der Waals surface area contributed by atoms with Crippen molar-refractivity contribution in [1.29, 1.82) is 0 Å². The minimum absolute atomic E-state index is 0.119. The second kappa shape index (κ2) is 8.84. The highest BCUT2D eigenvalue weighted by Crippen LogP contribution is 2.41. The average Bonchev–Trinajstić information content (AvgIpc) is 3.20. The average molecular weight is 362 g/mol. The van der Waals surface area contributed by atoms with E-state index in [0.29, 0.717) is 19.8 Å². The predicted octanol–water partition coefficient (Wildman–Crippen LogP) is 1.34. The molecule has 1 amide bonds. The van der Waals surface area contributed by atoms with Crippen LogP contribution < -0.4 is 10.1 Å². The number of likely N-dealkylation sites (tertiary alicyclic amines) is 1. The van der Waals surface area contributed by atoms with Crippen molar-refractivity contribution in [3.8, 4) is 5.75 Å². The molecule has 0 bridgehead atoms. The summed E-state index contributed by atoms with van der Waals surface area (Å²) >= 11 is 0. The number of nitrogens with zero attached hydrogens (tertiary/aromatic N) is 1. The van der Waals surface area contributed by atoms with Gasteiger partial charge >= 0.3 is 0 Å². The molecule has 0 spiro atoms. The van der Waals surface area contributed by atoms with E-state index in [1.807, 2.05) is 31.2 Å². The summed E-state index contributed by atoms with van der Waals surface area (Å²) in [7, 11) is 1.67. The zero-order chi connectivity index (χ0) is 18.4. The number of hydrogen-bond acceptors (Lipinski definition) is 5. The molecule has 2 fully saturated rings. The zero-order valence-corrected chi connectivity index (χ0v) is 15.8. The first-order valence-electron chi connectivity index (χ1n) is 9.47. The fourth-order valence-corrected chi connectivity index (χ4v) is 4.07. The molecule has 2 saturated heterocycles. The molecular weight excluding hydrogens is 332 g/mol. The zero-order valence-electron chi connectivity index (χ0n) is 15.8. The second-order valence-corrected chi connectivity index (χ2v) is 7.12. The molecule has 3 rings (SSSR count). The van der Waals surface area contributed by atoms with Crippen molar-refractivity contribution < 1.29 is 19.0 Å². The second-order valence-electron chi connectivity index (χ2n) is 7.12. The molecule has 2 aliphatic rings. The summed E-state index contributed by atoms with van der Waals surface area (Å²) in [5, 5.41) is 3.14. The van der Waals surface area contributed by atoms with Gasteiger partial charge in [0.1, 0.15) is 5.75 Å². The van der Waals surface area contributed by atoms with Gasteiger partial charge in [-0.3, -0.25) is 9.69 Å². The number of amides is 1. The van der Waals surface area contributed by atoms with Gasteiger partial charge in [-0.05, 0) is 25.0 Å². The Morgan fingerprint density at radius 3 is 3.08 bits per heavy atom. The normalized spacial score (nSPS) is 25.2. The molecule has 0 aliphatic carbocycles. The summed E-state index contributed by atoms with van der Waals surface area (Å²) in [6.07, 6.45) is 0.755. The molecule has 0 aromatic heterocycles. The maximum Gasteiger partial charge on any atom is 0.230 e. The summed E-state index contributed by atoms with van der Waals surface area (Å²) in [6, 6.07) is 7.93. The van der Waals surface area contributed by atoms with Crippen LogP contribution in [0, 0.1) is 11.3 Å². The van der Waals surface area contributed by atoms with E-state index in [1.54, 1.807) is 7.11 Å². The van der Waals surface area contributed by atoms with Crippen molar-refractivity contribution in [2.24, 2.45) is 11.3 Å². The molecule has 6 nitrogen and oxygen atoms in total. The number of rotatable bonds is 9. The first-order valence-corrected chi connectivity index (χ1v) is 9.47. The van der Waals surface area contributed by atoms with Crippen molar-refractivity contribution in [3.63, 3.8) is 0 Å². The smallest absolute Gasteiger partial charge is 0.230 e. The van der Waals surface area contributed by atoms with Gasteiger partial charge in [0.15, 0.2) is 0 Å². The summed E-state index contributed by atoms with van der Waals surface area (Å²) in [5.41, 5.74) is 0.698. The van der Waals surface area contributed by atoms with Crippen molar-refractivity contribution in [2.75, 3.05) is 59.7 Å². The van der Waals surface area contributed by atoms with Crippen LogP contribution in [0.5, 0.6) is 5.75 Å². The molecule has 2 heterocycles. The highest BCUT2D eigenvalue weighted by molar-refractivity contribution is 5.84. The van der Waals surface area contributed by atoms with Gasteiger partial charge < -0.3 is 19.5 Å². The molecule has 26 heavy (non-hydrogen) atoms. The Morgan fingerprint density at radius 2 is 2.27 bits per heavy atom. The van der Waals surface area contributed by atoms with E-state index in [2.05, 4.69) is 10.2 Å². The minimum atomic E-state index is -0.410.